The number of thiophene rings is 1. The first-order chi connectivity index (χ1) is 28.7. The summed E-state index contributed by atoms with van der Waals surface area (Å²) in [4.78, 5) is 9.75. The Morgan fingerprint density at radius 3 is 2.07 bits per heavy atom. The first-order valence-electron chi connectivity index (χ1n) is 21.2. The van der Waals surface area contributed by atoms with Gasteiger partial charge in [0.25, 0.3) is 0 Å². The van der Waals surface area contributed by atoms with E-state index in [0.717, 1.165) is 53.9 Å². The van der Waals surface area contributed by atoms with Crippen LogP contribution in [0.4, 0.5) is 0 Å². The molecule has 0 atom stereocenters. The van der Waals surface area contributed by atoms with Gasteiger partial charge in [0.2, 0.25) is 0 Å². The van der Waals surface area contributed by atoms with Crippen molar-refractivity contribution in [2.75, 3.05) is 0 Å². The minimum atomic E-state index is -2.13. The topological polar surface area (TPSA) is 30.7 Å². The molecule has 6 heteroatoms. The third kappa shape index (κ3) is 8.42. The van der Waals surface area contributed by atoms with E-state index in [1.165, 1.54) is 32.3 Å². The summed E-state index contributed by atoms with van der Waals surface area (Å²) < 4.78 is 29.4. The average molecular weight is 1020 g/mol. The van der Waals surface area contributed by atoms with Crippen molar-refractivity contribution in [2.24, 2.45) is 0 Å². The van der Waals surface area contributed by atoms with Gasteiger partial charge >= 0.3 is 99.8 Å². The molecule has 0 aliphatic heterocycles. The molecule has 58 heavy (non-hydrogen) atoms. The number of para-hydroxylation sites is 2. The molecule has 9 rings (SSSR count). The summed E-state index contributed by atoms with van der Waals surface area (Å²) in [7, 11) is 0. The van der Waals surface area contributed by atoms with Crippen LogP contribution >= 0.6 is 11.3 Å². The van der Waals surface area contributed by atoms with Gasteiger partial charge in [-0.05, 0) is 86.9 Å². The average Bonchev–Trinajstić information content (AvgIpc) is 3.81. The van der Waals surface area contributed by atoms with Crippen LogP contribution in [0.1, 0.15) is 60.3 Å². The summed E-state index contributed by atoms with van der Waals surface area (Å²) in [5.41, 5.74) is 11.5. The second-order valence-corrected chi connectivity index (χ2v) is 28.1. The van der Waals surface area contributed by atoms with Crippen molar-refractivity contribution in [2.45, 2.75) is 63.7 Å². The largest absolute Gasteiger partial charge is 0 e. The van der Waals surface area contributed by atoms with E-state index in [1.807, 2.05) is 48.7 Å². The molecule has 0 bridgehead atoms. The normalized spacial score (nSPS) is 12.6. The molecule has 1 radical (unpaired) electrons. The molecular formula is C52H49GeIrN3S-2. The predicted octanol–water partition coefficient (Wildman–Crippen LogP) is 14.2. The number of rotatable bonds is 7. The van der Waals surface area contributed by atoms with Crippen LogP contribution in [0.5, 0.6) is 0 Å². The molecular weight excluding hydrogens is 963 g/mol. The van der Waals surface area contributed by atoms with E-state index in [4.69, 9.17) is 9.10 Å². The van der Waals surface area contributed by atoms with Gasteiger partial charge in [-0.15, -0.1) is 23.8 Å². The van der Waals surface area contributed by atoms with Crippen molar-refractivity contribution in [3.63, 3.8) is 0 Å². The number of aromatic nitrogens is 3. The van der Waals surface area contributed by atoms with E-state index in [-0.39, 0.29) is 31.9 Å². The Labute approximate surface area is 368 Å². The number of imidazole rings is 1. The van der Waals surface area contributed by atoms with Gasteiger partial charge in [-0.1, -0.05) is 87.7 Å². The van der Waals surface area contributed by atoms with E-state index in [1.54, 1.807) is 23.5 Å². The molecule has 0 saturated carbocycles. The summed E-state index contributed by atoms with van der Waals surface area (Å²) in [6.45, 7) is 6.92. The number of benzene rings is 6. The molecule has 3 aromatic heterocycles. The minimum absolute atomic E-state index is 0. The van der Waals surface area contributed by atoms with Gasteiger partial charge in [0, 0.05) is 34.6 Å². The van der Waals surface area contributed by atoms with Gasteiger partial charge in [0.05, 0.1) is 16.9 Å². The molecule has 0 N–H and O–H groups in total. The molecule has 0 saturated heterocycles. The molecule has 3 nitrogen and oxygen atoms in total. The van der Waals surface area contributed by atoms with Crippen LogP contribution in [0.3, 0.4) is 0 Å². The van der Waals surface area contributed by atoms with E-state index in [0.29, 0.717) is 5.56 Å². The molecule has 0 unspecified atom stereocenters. The number of pyridine rings is 1. The summed E-state index contributed by atoms with van der Waals surface area (Å²) >= 11 is -0.111. The van der Waals surface area contributed by atoms with Gasteiger partial charge in [-0.2, -0.15) is 11.3 Å². The van der Waals surface area contributed by atoms with Gasteiger partial charge < -0.3 is 4.57 Å². The quantitative estimate of drug-likeness (QED) is 0.118. The zero-order valence-electron chi connectivity index (χ0n) is 37.0. The number of fused-ring (bicyclic) bond motifs is 4. The van der Waals surface area contributed by atoms with Crippen LogP contribution in [-0.2, 0) is 20.1 Å². The van der Waals surface area contributed by atoms with Crippen molar-refractivity contribution < 1.29 is 24.2 Å². The number of hydrogen-bond acceptors (Lipinski definition) is 3. The number of nitrogens with zero attached hydrogens (tertiary/aromatic N) is 3. The zero-order chi connectivity index (χ0) is 42.3. The Kier molecular flexibility index (Phi) is 11.2. The SMILES string of the molecule is [2H]C([2H])([2H])c1ccc2c(c1)sc1c[c-]c(-c3nc4ccccc4n3-c3c(C(C)C)cc(-c4ccccc4)cc3C(C)C)cc12.[CH3][Ge]([CH3])([CH3])[c]1ccc(-c2[c-]cccc2)nc1.[Ir]. The maximum Gasteiger partial charge on any atom is 0 e. The van der Waals surface area contributed by atoms with E-state index in [9.17, 15) is 0 Å². The van der Waals surface area contributed by atoms with Gasteiger partial charge in [-0.25, -0.2) is 0 Å². The molecule has 0 aliphatic carbocycles. The standard InChI is InChI=1S/C38H33N2S.C14H16GeN.Ir/c1-23(2)30-21-28(26-11-7-6-8-12-26)22-31(24(3)4)37(30)40-34-14-10-9-13-33(34)39-38(40)27-16-18-35-32(20-27)29-17-15-25(5)19-36(29)41-35;1-15(2,3)13-9-10-14(16-11-13)12-7-5-4-6-8-12;/h6-15,17-24H,1-5H3;4-7,9-11H,1-3H3;/q2*-1;/i5D3;;. The van der Waals surface area contributed by atoms with Crippen LogP contribution in [0, 0.1) is 19.0 Å². The van der Waals surface area contributed by atoms with Crippen LogP contribution in [0.2, 0.25) is 17.3 Å². The Hall–Kier alpha value is -4.65. The first kappa shape index (κ1) is 37.6. The fourth-order valence-electron chi connectivity index (χ4n) is 7.45. The van der Waals surface area contributed by atoms with Gasteiger partial charge in [0.1, 0.15) is 0 Å². The number of hydrogen-bond donors (Lipinski definition) is 0. The van der Waals surface area contributed by atoms with Crippen molar-refractivity contribution in [1.82, 2.24) is 14.5 Å². The zero-order valence-corrected chi connectivity index (χ0v) is 39.3. The molecule has 6 aromatic carbocycles. The molecule has 9 aromatic rings. The summed E-state index contributed by atoms with van der Waals surface area (Å²) in [6.07, 6.45) is 2.04. The number of aryl methyl sites for hydroxylation is 1. The molecule has 293 valence electrons. The van der Waals surface area contributed by atoms with Gasteiger partial charge in [-0.3, -0.25) is 4.98 Å². The van der Waals surface area contributed by atoms with Crippen molar-refractivity contribution in [3.8, 4) is 39.5 Å². The maximum absolute atomic E-state index is 7.87. The third-order valence-electron chi connectivity index (χ3n) is 10.6. The van der Waals surface area contributed by atoms with E-state index < -0.39 is 20.1 Å². The third-order valence-corrected chi connectivity index (χ3v) is 15.9. The predicted molar refractivity (Wildman–Crippen MR) is 248 cm³/mol. The maximum atomic E-state index is 7.87. The second kappa shape index (κ2) is 17.3. The smallest absolute Gasteiger partial charge is 0 e. The summed E-state index contributed by atoms with van der Waals surface area (Å²) in [6, 6.07) is 52.4. The fourth-order valence-corrected chi connectivity index (χ4v) is 10.7. The first-order valence-corrected chi connectivity index (χ1v) is 27.9. The second-order valence-electron chi connectivity index (χ2n) is 16.3. The van der Waals surface area contributed by atoms with Crippen molar-refractivity contribution in [3.05, 3.63) is 168 Å². The van der Waals surface area contributed by atoms with Crippen molar-refractivity contribution in [1.29, 1.82) is 0 Å². The monoisotopic (exact) mass is 1020 g/mol. The molecule has 0 aliphatic rings. The van der Waals surface area contributed by atoms with Crippen molar-refractivity contribution >= 4 is 60.2 Å². The van der Waals surface area contributed by atoms with Crippen LogP contribution in [-0.4, -0.2) is 27.8 Å². The summed E-state index contributed by atoms with van der Waals surface area (Å²) in [5.74, 6) is 8.55. The van der Waals surface area contributed by atoms with Gasteiger partial charge in [0.15, 0.2) is 0 Å². The molecule has 0 fully saturated rings. The Morgan fingerprint density at radius 2 is 1.41 bits per heavy atom. The molecule has 0 spiro atoms. The van der Waals surface area contributed by atoms with Crippen LogP contribution < -0.4 is 4.40 Å². The fraction of sp³-hybridized carbons (Fsp3) is 0.192. The van der Waals surface area contributed by atoms with Crippen LogP contribution in [0.25, 0.3) is 70.7 Å². The molecule has 0 amide bonds. The van der Waals surface area contributed by atoms with E-state index in [2.05, 4.69) is 146 Å². The Morgan fingerprint density at radius 1 is 0.690 bits per heavy atom. The Bertz CT molecular complexity index is 2920. The molecule has 3 heterocycles. The minimum Gasteiger partial charge on any atom is 0 e. The Balaban J connectivity index is 0.000000278. The van der Waals surface area contributed by atoms with E-state index >= 15 is 0 Å². The summed E-state index contributed by atoms with van der Waals surface area (Å²) in [5, 5.41) is 2.14. The van der Waals surface area contributed by atoms with Crippen LogP contribution in [0.15, 0.2) is 140 Å².